The molecule has 0 atom stereocenters. The van der Waals surface area contributed by atoms with Gasteiger partial charge in [0, 0.05) is 17.1 Å². The van der Waals surface area contributed by atoms with E-state index in [1.54, 1.807) is 0 Å². The van der Waals surface area contributed by atoms with E-state index in [4.69, 9.17) is 0 Å². The van der Waals surface area contributed by atoms with E-state index in [-0.39, 0.29) is 63.5 Å². The third kappa shape index (κ3) is 62.7. The van der Waals surface area contributed by atoms with E-state index < -0.39 is 0 Å². The largest absolute Gasteiger partial charge is 0 e. The third-order valence-corrected chi connectivity index (χ3v) is 0. The van der Waals surface area contributed by atoms with Gasteiger partial charge in [-0.2, -0.15) is 0 Å². The number of hydrogen-bond acceptors (Lipinski definition) is 0. The van der Waals surface area contributed by atoms with Gasteiger partial charge in [0.05, 0.1) is 0 Å². The minimum Gasteiger partial charge on any atom is 0 e. The molecule has 0 fully saturated rings. The van der Waals surface area contributed by atoms with Crippen LogP contribution in [0.5, 0.6) is 0 Å². The molecule has 0 heterocycles. The van der Waals surface area contributed by atoms with Crippen molar-refractivity contribution in [1.29, 1.82) is 0 Å². The predicted molar refractivity (Wildman–Crippen MR) is 40.7 cm³/mol. The second-order valence-corrected chi connectivity index (χ2v) is 7.85. The summed E-state index contributed by atoms with van der Waals surface area (Å²) < 4.78 is 9.22. The van der Waals surface area contributed by atoms with Crippen molar-refractivity contribution in [3.8, 4) is 0 Å². The summed E-state index contributed by atoms with van der Waals surface area (Å²) >= 11 is 0.333. The third-order valence-electron chi connectivity index (χ3n) is 0. The molecule has 0 aromatic carbocycles. The fourth-order valence-corrected chi connectivity index (χ4v) is 0. The van der Waals surface area contributed by atoms with Crippen molar-refractivity contribution in [2.24, 2.45) is 0 Å². The Labute approximate surface area is 80.8 Å². The molecular weight excluding hydrogens is 545 g/mol. The van der Waals surface area contributed by atoms with Crippen molar-refractivity contribution in [2.45, 2.75) is 18.5 Å². The van der Waals surface area contributed by atoms with E-state index >= 15 is 0 Å². The molecule has 0 bridgehead atoms. The first-order chi connectivity index (χ1) is 2.83. The summed E-state index contributed by atoms with van der Waals surface area (Å²) in [4.78, 5) is 0. The molecule has 4 radical (unpaired) electrons. The Bertz CT molecular complexity index is 11.7. The quantitative estimate of drug-likeness (QED) is 0.394. The zero-order valence-corrected chi connectivity index (χ0v) is 14.0. The van der Waals surface area contributed by atoms with Crippen LogP contribution >= 0.6 is 0 Å². The second-order valence-electron chi connectivity index (χ2n) is 0.894. The minimum absolute atomic E-state index is 0. The average Bonchev–Trinajstić information content (AvgIpc) is 1.39. The van der Waals surface area contributed by atoms with Crippen molar-refractivity contribution in [3.05, 3.63) is 0 Å². The molecule has 0 aliphatic heterocycles. The Hall–Kier alpha value is 2.29. The van der Waals surface area contributed by atoms with Crippen LogP contribution in [0.3, 0.4) is 0 Å². The van der Waals surface area contributed by atoms with Crippen molar-refractivity contribution in [1.82, 2.24) is 0 Å². The minimum atomic E-state index is 0. The van der Waals surface area contributed by atoms with Gasteiger partial charge < -0.3 is 0 Å². The molecular formula is C4H12Bi2Se. The van der Waals surface area contributed by atoms with E-state index in [0.717, 1.165) is 0 Å². The fraction of sp³-hybridized carbons (Fsp3) is 1.00. The van der Waals surface area contributed by atoms with Gasteiger partial charge in [0.2, 0.25) is 0 Å². The maximum Gasteiger partial charge on any atom is 0 e. The molecule has 7 heavy (non-hydrogen) atoms. The topological polar surface area (TPSA) is 0 Å². The molecule has 0 rings (SSSR count). The summed E-state index contributed by atoms with van der Waals surface area (Å²) in [7, 11) is 0. The van der Waals surface area contributed by atoms with Gasteiger partial charge >= 0.3 is 65.0 Å². The Morgan fingerprint density at radius 3 is 0.714 bits per heavy atom. The van der Waals surface area contributed by atoms with Gasteiger partial charge in [-0.15, -0.1) is 0 Å². The molecule has 0 aliphatic carbocycles. The Kier molecular flexibility index (Phi) is 55.2. The Balaban J connectivity index is -0.0000000400. The smallest absolute Gasteiger partial charge is 0 e. The fourth-order valence-electron chi connectivity index (χ4n) is 0. The SMILES string of the molecule is [CH3][Bi][CH3].[CH3][Bi][CH3].[Se]. The molecule has 0 aromatic heterocycles. The van der Waals surface area contributed by atoms with Crippen molar-refractivity contribution < 1.29 is 0 Å². The van der Waals surface area contributed by atoms with Gasteiger partial charge in [-0.05, 0) is 0 Å². The van der Waals surface area contributed by atoms with Crippen LogP contribution in [-0.4, -0.2) is 63.5 Å². The van der Waals surface area contributed by atoms with E-state index in [1.807, 2.05) is 0 Å². The molecule has 0 saturated heterocycles. The van der Waals surface area contributed by atoms with Crippen LogP contribution in [0.25, 0.3) is 0 Å². The molecule has 0 nitrogen and oxygen atoms in total. The van der Waals surface area contributed by atoms with E-state index in [1.165, 1.54) is 0 Å². The van der Waals surface area contributed by atoms with Gasteiger partial charge in [-0.1, -0.05) is 0 Å². The maximum atomic E-state index is 2.31. The van der Waals surface area contributed by atoms with Crippen LogP contribution in [-0.2, 0) is 0 Å². The maximum absolute atomic E-state index is 2.31. The summed E-state index contributed by atoms with van der Waals surface area (Å²) in [6.45, 7) is 0. The van der Waals surface area contributed by atoms with Gasteiger partial charge in [0.1, 0.15) is 0 Å². The van der Waals surface area contributed by atoms with Gasteiger partial charge in [0.15, 0.2) is 0 Å². The molecule has 3 heteroatoms. The Morgan fingerprint density at radius 1 is 0.714 bits per heavy atom. The number of rotatable bonds is 0. The summed E-state index contributed by atoms with van der Waals surface area (Å²) in [5, 5.41) is 0. The first-order valence-corrected chi connectivity index (χ1v) is 15.7. The Morgan fingerprint density at radius 2 is 0.714 bits per heavy atom. The standard InChI is InChI=1S/4CH3.2Bi.Se/h4*1H3;;;. The molecule has 0 N–H and O–H groups in total. The van der Waals surface area contributed by atoms with Gasteiger partial charge in [0.25, 0.3) is 0 Å². The van der Waals surface area contributed by atoms with E-state index in [9.17, 15) is 0 Å². The van der Waals surface area contributed by atoms with E-state index in [0.29, 0.717) is 0 Å². The van der Waals surface area contributed by atoms with Crippen LogP contribution in [0.1, 0.15) is 0 Å². The van der Waals surface area contributed by atoms with Crippen LogP contribution in [0, 0.1) is 0 Å². The van der Waals surface area contributed by atoms with Crippen LogP contribution < -0.4 is 0 Å². The summed E-state index contributed by atoms with van der Waals surface area (Å²) in [5.41, 5.74) is 0. The monoisotopic (exact) mass is 558 g/mol. The summed E-state index contributed by atoms with van der Waals surface area (Å²) in [6, 6.07) is 0. The van der Waals surface area contributed by atoms with Crippen LogP contribution in [0.4, 0.5) is 0 Å². The zero-order valence-electron chi connectivity index (χ0n) is 5.30. The molecule has 44 valence electrons. The molecule has 0 saturated carbocycles. The summed E-state index contributed by atoms with van der Waals surface area (Å²) in [6.07, 6.45) is 0. The van der Waals surface area contributed by atoms with Crippen LogP contribution in [0.15, 0.2) is 0 Å². The molecule has 0 aliphatic rings. The molecule has 0 unspecified atom stereocenters. The first kappa shape index (κ1) is 16.1. The second kappa shape index (κ2) is 23.9. The van der Waals surface area contributed by atoms with Gasteiger partial charge in [-0.25, -0.2) is 0 Å². The van der Waals surface area contributed by atoms with Crippen molar-refractivity contribution >= 4 is 63.5 Å². The van der Waals surface area contributed by atoms with Crippen LogP contribution in [0.2, 0.25) is 18.5 Å². The normalized spacial score (nSPS) is 5.14. The number of hydrogen-bond donors (Lipinski definition) is 0. The summed E-state index contributed by atoms with van der Waals surface area (Å²) in [5.74, 6) is 0. The zero-order chi connectivity index (χ0) is 5.41. The molecule has 0 amide bonds. The predicted octanol–water partition coefficient (Wildman–Crippen LogP) is 1.19. The average molecular weight is 557 g/mol. The van der Waals surface area contributed by atoms with E-state index in [2.05, 4.69) is 18.5 Å². The van der Waals surface area contributed by atoms with Crippen molar-refractivity contribution in [3.63, 3.8) is 0 Å². The van der Waals surface area contributed by atoms with Gasteiger partial charge in [-0.3, -0.25) is 0 Å². The van der Waals surface area contributed by atoms with Crippen molar-refractivity contribution in [2.75, 3.05) is 0 Å². The first-order valence-electron chi connectivity index (χ1n) is 1.79. The molecule has 0 spiro atoms. The molecule has 0 aromatic rings.